The monoisotopic (exact) mass is 406 g/mol. The second-order valence-electron chi connectivity index (χ2n) is 6.02. The van der Waals surface area contributed by atoms with Crippen LogP contribution in [0.2, 0.25) is 0 Å². The van der Waals surface area contributed by atoms with Gasteiger partial charge in [-0.2, -0.15) is 0 Å². The molecule has 1 atom stereocenters. The fourth-order valence-corrected chi connectivity index (χ4v) is 2.97. The fraction of sp³-hybridized carbons (Fsp3) is 0.150. The lowest BCUT2D eigenvalue weighted by Crippen LogP contribution is -2.49. The number of anilines is 1. The molecule has 0 aliphatic carbocycles. The summed E-state index contributed by atoms with van der Waals surface area (Å²) in [6, 6.07) is 21.0. The number of halogens is 3. The molecule has 0 aromatic heterocycles. The lowest BCUT2D eigenvalue weighted by molar-refractivity contribution is 0.0941. The number of amides is 1. The van der Waals surface area contributed by atoms with Gasteiger partial charge in [-0.25, -0.2) is 0 Å². The molecule has 2 N–H and O–H groups in total. The maximum atomic E-state index is 12.5. The molecule has 0 radical (unpaired) electrons. The molecule has 0 spiro atoms. The van der Waals surface area contributed by atoms with Gasteiger partial charge in [-0.3, -0.25) is 4.79 Å². The van der Waals surface area contributed by atoms with Gasteiger partial charge in [0.05, 0.1) is 0 Å². The Kier molecular flexibility index (Phi) is 5.61. The molecule has 0 heterocycles. The fourth-order valence-electron chi connectivity index (χ4n) is 2.65. The Morgan fingerprint density at radius 2 is 1.65 bits per heavy atom. The minimum absolute atomic E-state index is 0.321. The Labute approximate surface area is 167 Å². The van der Waals surface area contributed by atoms with E-state index in [0.29, 0.717) is 5.56 Å². The van der Waals surface area contributed by atoms with E-state index in [9.17, 15) is 4.79 Å². The molecule has 0 bridgehead atoms. The first-order valence-corrected chi connectivity index (χ1v) is 9.16. The molecule has 134 valence electrons. The first kappa shape index (κ1) is 18.8. The van der Waals surface area contributed by atoms with Crippen molar-refractivity contribution in [1.82, 2.24) is 5.32 Å². The lowest BCUT2D eigenvalue weighted by Gasteiger charge is -2.27. The van der Waals surface area contributed by atoms with E-state index in [1.165, 1.54) is 0 Å². The molecule has 6 heteroatoms. The van der Waals surface area contributed by atoms with Crippen molar-refractivity contribution in [1.29, 1.82) is 0 Å². The van der Waals surface area contributed by atoms with Gasteiger partial charge in [0, 0.05) is 11.3 Å². The summed E-state index contributed by atoms with van der Waals surface area (Å²) < 4.78 is -1.73. The van der Waals surface area contributed by atoms with Crippen molar-refractivity contribution >= 4 is 57.2 Å². The molecule has 0 aliphatic heterocycles. The molecule has 3 rings (SSSR count). The van der Waals surface area contributed by atoms with Gasteiger partial charge in [0.25, 0.3) is 5.91 Å². The van der Waals surface area contributed by atoms with Gasteiger partial charge in [0.15, 0.2) is 0 Å². The number of rotatable bonds is 4. The number of nitrogens with one attached hydrogen (secondary N) is 2. The van der Waals surface area contributed by atoms with Crippen LogP contribution in [0, 0.1) is 6.92 Å². The number of aryl methyl sites for hydroxylation is 1. The SMILES string of the molecule is Cc1cccc(C(=O)N[C@H](Nc2ccc3ccccc3c2)C(Cl)(Cl)Cl)c1. The van der Waals surface area contributed by atoms with Crippen molar-refractivity contribution in [2.75, 3.05) is 5.32 Å². The Bertz CT molecular complexity index is 937. The highest BCUT2D eigenvalue weighted by Gasteiger charge is 2.34. The van der Waals surface area contributed by atoms with Crippen LogP contribution in [0.3, 0.4) is 0 Å². The predicted molar refractivity (Wildman–Crippen MR) is 110 cm³/mol. The second-order valence-corrected chi connectivity index (χ2v) is 8.39. The zero-order valence-electron chi connectivity index (χ0n) is 14.0. The predicted octanol–water partition coefficient (Wildman–Crippen LogP) is 5.69. The molecular formula is C20H17Cl3N2O. The maximum Gasteiger partial charge on any atom is 0.252 e. The highest BCUT2D eigenvalue weighted by Crippen LogP contribution is 2.32. The van der Waals surface area contributed by atoms with Crippen LogP contribution in [0.15, 0.2) is 66.7 Å². The molecule has 0 saturated carbocycles. The average molecular weight is 408 g/mol. The summed E-state index contributed by atoms with van der Waals surface area (Å²) in [7, 11) is 0. The summed E-state index contributed by atoms with van der Waals surface area (Å²) >= 11 is 18.3. The summed E-state index contributed by atoms with van der Waals surface area (Å²) in [4.78, 5) is 12.5. The van der Waals surface area contributed by atoms with Crippen LogP contribution in [0.25, 0.3) is 10.8 Å². The Morgan fingerprint density at radius 3 is 2.35 bits per heavy atom. The Morgan fingerprint density at radius 1 is 0.923 bits per heavy atom. The summed E-state index contributed by atoms with van der Waals surface area (Å²) in [5.41, 5.74) is 2.22. The molecule has 3 nitrogen and oxygen atoms in total. The Hall–Kier alpha value is -1.94. The zero-order valence-corrected chi connectivity index (χ0v) is 16.2. The van der Waals surface area contributed by atoms with E-state index in [4.69, 9.17) is 34.8 Å². The Balaban J connectivity index is 1.82. The van der Waals surface area contributed by atoms with Gasteiger partial charge in [-0.15, -0.1) is 0 Å². The first-order chi connectivity index (χ1) is 12.3. The van der Waals surface area contributed by atoms with Crippen LogP contribution in [-0.2, 0) is 0 Å². The van der Waals surface area contributed by atoms with Crippen molar-refractivity contribution in [2.45, 2.75) is 16.9 Å². The number of benzene rings is 3. The van der Waals surface area contributed by atoms with E-state index >= 15 is 0 Å². The number of carbonyl (C=O) groups excluding carboxylic acids is 1. The van der Waals surface area contributed by atoms with Gasteiger partial charge >= 0.3 is 0 Å². The van der Waals surface area contributed by atoms with Crippen molar-refractivity contribution in [3.05, 3.63) is 77.9 Å². The number of alkyl halides is 3. The topological polar surface area (TPSA) is 41.1 Å². The maximum absolute atomic E-state index is 12.5. The van der Waals surface area contributed by atoms with Gasteiger partial charge in [-0.1, -0.05) is 82.8 Å². The molecule has 3 aromatic carbocycles. The molecule has 26 heavy (non-hydrogen) atoms. The van der Waals surface area contributed by atoms with E-state index in [1.54, 1.807) is 12.1 Å². The quantitative estimate of drug-likeness (QED) is 0.431. The minimum Gasteiger partial charge on any atom is -0.362 e. The highest BCUT2D eigenvalue weighted by atomic mass is 35.6. The zero-order chi connectivity index (χ0) is 18.7. The van der Waals surface area contributed by atoms with Crippen molar-refractivity contribution in [3.63, 3.8) is 0 Å². The first-order valence-electron chi connectivity index (χ1n) is 8.02. The normalized spacial score (nSPS) is 12.6. The number of hydrogen-bond acceptors (Lipinski definition) is 2. The van der Waals surface area contributed by atoms with Gasteiger partial charge in [-0.05, 0) is 42.0 Å². The van der Waals surface area contributed by atoms with Gasteiger partial charge < -0.3 is 10.6 Å². The highest BCUT2D eigenvalue weighted by molar-refractivity contribution is 6.68. The largest absolute Gasteiger partial charge is 0.362 e. The standard InChI is InChI=1S/C20H17Cl3N2O/c1-13-5-4-8-16(11-13)18(26)25-19(20(21,22)23)24-17-10-9-14-6-2-3-7-15(14)12-17/h2-12,19,24H,1H3,(H,25,26)/t19-/m0/s1. The van der Waals surface area contributed by atoms with Crippen LogP contribution in [0.5, 0.6) is 0 Å². The van der Waals surface area contributed by atoms with Crippen LogP contribution in [0.1, 0.15) is 15.9 Å². The third-order valence-electron chi connectivity index (χ3n) is 3.94. The molecule has 1 amide bonds. The average Bonchev–Trinajstić information content (AvgIpc) is 2.60. The smallest absolute Gasteiger partial charge is 0.252 e. The van der Waals surface area contributed by atoms with Crippen molar-refractivity contribution in [2.24, 2.45) is 0 Å². The molecule has 3 aromatic rings. The van der Waals surface area contributed by atoms with E-state index in [1.807, 2.05) is 61.5 Å². The van der Waals surface area contributed by atoms with Gasteiger partial charge in [0.2, 0.25) is 3.79 Å². The van der Waals surface area contributed by atoms with E-state index < -0.39 is 9.96 Å². The number of fused-ring (bicyclic) bond motifs is 1. The van der Waals surface area contributed by atoms with Crippen LogP contribution >= 0.6 is 34.8 Å². The van der Waals surface area contributed by atoms with Crippen LogP contribution < -0.4 is 10.6 Å². The molecular weight excluding hydrogens is 391 g/mol. The van der Waals surface area contributed by atoms with Crippen LogP contribution in [-0.4, -0.2) is 15.9 Å². The minimum atomic E-state index is -1.73. The number of hydrogen-bond donors (Lipinski definition) is 2. The summed E-state index contributed by atoms with van der Waals surface area (Å²) in [6.45, 7) is 1.91. The van der Waals surface area contributed by atoms with E-state index in [-0.39, 0.29) is 5.91 Å². The lowest BCUT2D eigenvalue weighted by atomic mass is 10.1. The van der Waals surface area contributed by atoms with E-state index in [2.05, 4.69) is 10.6 Å². The number of carbonyl (C=O) groups is 1. The third kappa shape index (κ3) is 4.61. The molecule has 0 unspecified atom stereocenters. The van der Waals surface area contributed by atoms with Crippen molar-refractivity contribution in [3.8, 4) is 0 Å². The second kappa shape index (κ2) is 7.75. The van der Waals surface area contributed by atoms with Crippen LogP contribution in [0.4, 0.5) is 5.69 Å². The summed E-state index contributed by atoms with van der Waals surface area (Å²) in [5, 5.41) is 8.00. The third-order valence-corrected chi connectivity index (χ3v) is 4.60. The molecule has 0 saturated heterocycles. The van der Waals surface area contributed by atoms with E-state index in [0.717, 1.165) is 22.0 Å². The molecule has 0 aliphatic rings. The summed E-state index contributed by atoms with van der Waals surface area (Å²) in [6.07, 6.45) is -0.901. The van der Waals surface area contributed by atoms with Gasteiger partial charge in [0.1, 0.15) is 6.17 Å². The summed E-state index contributed by atoms with van der Waals surface area (Å²) in [5.74, 6) is -0.321. The van der Waals surface area contributed by atoms with Crippen molar-refractivity contribution < 1.29 is 4.79 Å². The molecule has 0 fully saturated rings.